The highest BCUT2D eigenvalue weighted by Gasteiger charge is 2.32. The predicted molar refractivity (Wildman–Crippen MR) is 109 cm³/mol. The van der Waals surface area contributed by atoms with Gasteiger partial charge in [0.1, 0.15) is 5.82 Å². The second-order valence-corrected chi connectivity index (χ2v) is 9.95. The van der Waals surface area contributed by atoms with Crippen LogP contribution in [0.1, 0.15) is 38.2 Å². The van der Waals surface area contributed by atoms with E-state index in [-0.39, 0.29) is 30.2 Å². The monoisotopic (exact) mass is 427 g/mol. The molecular formula is C20H30FN3O4S. The van der Waals surface area contributed by atoms with Crippen LogP contribution in [0.5, 0.6) is 0 Å². The van der Waals surface area contributed by atoms with Crippen LogP contribution in [0, 0.1) is 11.7 Å². The van der Waals surface area contributed by atoms with E-state index in [0.717, 1.165) is 12.1 Å². The first kappa shape index (κ1) is 22.0. The third-order valence-electron chi connectivity index (χ3n) is 6.03. The minimum atomic E-state index is -3.33. The van der Waals surface area contributed by atoms with Crippen molar-refractivity contribution in [2.45, 2.75) is 45.2 Å². The number of rotatable bonds is 5. The molecule has 0 radical (unpaired) electrons. The molecule has 2 fully saturated rings. The molecule has 0 saturated carbocycles. The molecule has 9 heteroatoms. The van der Waals surface area contributed by atoms with Gasteiger partial charge in [-0.15, -0.1) is 0 Å². The average Bonchev–Trinajstić information content (AvgIpc) is 2.70. The van der Waals surface area contributed by atoms with Gasteiger partial charge in [-0.25, -0.2) is 17.9 Å². The van der Waals surface area contributed by atoms with Crippen molar-refractivity contribution in [3.63, 3.8) is 0 Å². The van der Waals surface area contributed by atoms with Gasteiger partial charge in [0.2, 0.25) is 15.9 Å². The van der Waals surface area contributed by atoms with Crippen molar-refractivity contribution in [3.05, 3.63) is 29.6 Å². The Morgan fingerprint density at radius 1 is 1.28 bits per heavy atom. The first-order chi connectivity index (χ1) is 13.7. The summed E-state index contributed by atoms with van der Waals surface area (Å²) in [6.07, 6.45) is 2.81. The van der Waals surface area contributed by atoms with Crippen LogP contribution in [0.3, 0.4) is 0 Å². The molecular weight excluding hydrogens is 397 g/mol. The summed E-state index contributed by atoms with van der Waals surface area (Å²) in [7, 11) is -0.263. The normalized spacial score (nSPS) is 23.2. The third-order valence-corrected chi connectivity index (χ3v) is 8.04. The van der Waals surface area contributed by atoms with E-state index in [1.165, 1.54) is 22.5 Å². The number of piperidine rings is 1. The number of anilines is 1. The van der Waals surface area contributed by atoms with Crippen molar-refractivity contribution in [1.29, 1.82) is 0 Å². The molecule has 0 spiro atoms. The van der Waals surface area contributed by atoms with E-state index in [1.54, 1.807) is 13.1 Å². The number of sulfonamides is 1. The summed E-state index contributed by atoms with van der Waals surface area (Å²) in [5.74, 6) is -0.396. The summed E-state index contributed by atoms with van der Waals surface area (Å²) < 4.78 is 40.9. The van der Waals surface area contributed by atoms with Crippen molar-refractivity contribution in [2.24, 2.45) is 5.92 Å². The molecule has 29 heavy (non-hydrogen) atoms. The van der Waals surface area contributed by atoms with Gasteiger partial charge in [-0.1, -0.05) is 6.07 Å². The van der Waals surface area contributed by atoms with Gasteiger partial charge < -0.3 is 4.90 Å². The second-order valence-electron chi connectivity index (χ2n) is 7.91. The van der Waals surface area contributed by atoms with Crippen molar-refractivity contribution in [1.82, 2.24) is 9.37 Å². The maximum atomic E-state index is 14.8. The second kappa shape index (κ2) is 8.97. The number of halogens is 1. The molecule has 1 atom stereocenters. The highest BCUT2D eigenvalue weighted by atomic mass is 32.2. The summed E-state index contributed by atoms with van der Waals surface area (Å²) in [6.45, 7) is 3.25. The molecule has 0 N–H and O–H groups in total. The zero-order chi connectivity index (χ0) is 21.2. The molecule has 3 rings (SSSR count). The molecule has 2 heterocycles. The fraction of sp³-hybridized carbons (Fsp3) is 0.650. The van der Waals surface area contributed by atoms with Gasteiger partial charge in [-0.05, 0) is 44.7 Å². The summed E-state index contributed by atoms with van der Waals surface area (Å²) in [5, 5.41) is 1.25. The molecule has 2 aliphatic rings. The molecule has 1 aromatic rings. The van der Waals surface area contributed by atoms with E-state index in [1.807, 2.05) is 13.0 Å². The molecule has 0 aliphatic carbocycles. The van der Waals surface area contributed by atoms with E-state index in [4.69, 9.17) is 4.84 Å². The zero-order valence-electron chi connectivity index (χ0n) is 17.3. The minimum Gasteiger partial charge on any atom is -0.371 e. The Bertz CT molecular complexity index is 840. The smallest absolute Gasteiger partial charge is 0.249 e. The van der Waals surface area contributed by atoms with Crippen LogP contribution < -0.4 is 4.90 Å². The number of nitrogens with zero attached hydrogens (tertiary/aromatic N) is 3. The molecule has 1 aromatic carbocycles. The quantitative estimate of drug-likeness (QED) is 0.675. The van der Waals surface area contributed by atoms with E-state index >= 15 is 0 Å². The van der Waals surface area contributed by atoms with Gasteiger partial charge in [-0.2, -0.15) is 4.31 Å². The average molecular weight is 428 g/mol. The van der Waals surface area contributed by atoms with E-state index in [0.29, 0.717) is 37.9 Å². The van der Waals surface area contributed by atoms with Gasteiger partial charge >= 0.3 is 0 Å². The van der Waals surface area contributed by atoms with Crippen LogP contribution in [0.2, 0.25) is 0 Å². The van der Waals surface area contributed by atoms with Crippen LogP contribution in [-0.2, 0) is 26.2 Å². The molecule has 1 unspecified atom stereocenters. The lowest BCUT2D eigenvalue weighted by molar-refractivity contribution is -0.174. The van der Waals surface area contributed by atoms with Crippen LogP contribution in [0.15, 0.2) is 18.2 Å². The molecule has 2 aliphatic heterocycles. The minimum absolute atomic E-state index is 0.0365. The fourth-order valence-electron chi connectivity index (χ4n) is 4.11. The van der Waals surface area contributed by atoms with E-state index in [2.05, 4.69) is 4.90 Å². The molecule has 2 saturated heterocycles. The van der Waals surface area contributed by atoms with Crippen LogP contribution in [-0.4, -0.2) is 62.7 Å². The Hall–Kier alpha value is -1.71. The molecule has 162 valence electrons. The SMILES string of the molecule is CON(C)C(=O)C1CCN(c2ccc(CN3C(C)CCCS3(=O)=O)c(F)c2)CC1. The zero-order valence-corrected chi connectivity index (χ0v) is 18.1. The Morgan fingerprint density at radius 2 is 1.97 bits per heavy atom. The largest absolute Gasteiger partial charge is 0.371 e. The Labute approximate surface area is 172 Å². The lowest BCUT2D eigenvalue weighted by atomic mass is 9.95. The van der Waals surface area contributed by atoms with Gasteiger partial charge in [0, 0.05) is 49.9 Å². The predicted octanol–water partition coefficient (Wildman–Crippen LogP) is 2.38. The Balaban J connectivity index is 1.65. The van der Waals surface area contributed by atoms with Gasteiger partial charge in [0.05, 0.1) is 12.9 Å². The number of hydrogen-bond acceptors (Lipinski definition) is 5. The van der Waals surface area contributed by atoms with Gasteiger partial charge in [-0.3, -0.25) is 9.63 Å². The van der Waals surface area contributed by atoms with Crippen LogP contribution in [0.4, 0.5) is 10.1 Å². The number of carbonyl (C=O) groups is 1. The van der Waals surface area contributed by atoms with Gasteiger partial charge in [0.25, 0.3) is 0 Å². The Morgan fingerprint density at radius 3 is 2.55 bits per heavy atom. The number of amides is 1. The van der Waals surface area contributed by atoms with Crippen molar-refractivity contribution >= 4 is 21.6 Å². The number of hydrogen-bond donors (Lipinski definition) is 0. The number of hydroxylamine groups is 2. The highest BCUT2D eigenvalue weighted by Crippen LogP contribution is 2.28. The lowest BCUT2D eigenvalue weighted by Gasteiger charge is -2.34. The van der Waals surface area contributed by atoms with Gasteiger partial charge in [0.15, 0.2) is 0 Å². The summed E-state index contributed by atoms with van der Waals surface area (Å²) >= 11 is 0. The van der Waals surface area contributed by atoms with Crippen molar-refractivity contribution < 1.29 is 22.4 Å². The third kappa shape index (κ3) is 4.90. The standard InChI is InChI=1S/C20H30FN3O4S/c1-15-5-4-12-29(26,27)24(15)14-17-6-7-18(13-19(17)21)23-10-8-16(9-11-23)20(25)22(2)28-3/h6-7,13,15-16H,4-5,8-12,14H2,1-3H3. The summed E-state index contributed by atoms with van der Waals surface area (Å²) in [5.41, 5.74) is 1.14. The van der Waals surface area contributed by atoms with E-state index < -0.39 is 15.8 Å². The molecule has 0 aromatic heterocycles. The Kier molecular flexibility index (Phi) is 6.80. The maximum absolute atomic E-state index is 14.8. The summed E-state index contributed by atoms with van der Waals surface area (Å²) in [6, 6.07) is 4.87. The molecule has 7 nitrogen and oxygen atoms in total. The first-order valence-electron chi connectivity index (χ1n) is 10.1. The molecule has 0 bridgehead atoms. The van der Waals surface area contributed by atoms with Crippen LogP contribution in [0.25, 0.3) is 0 Å². The number of carbonyl (C=O) groups excluding carboxylic acids is 1. The van der Waals surface area contributed by atoms with E-state index in [9.17, 15) is 17.6 Å². The van der Waals surface area contributed by atoms with Crippen molar-refractivity contribution in [2.75, 3.05) is 37.9 Å². The van der Waals surface area contributed by atoms with Crippen molar-refractivity contribution in [3.8, 4) is 0 Å². The first-order valence-corrected chi connectivity index (χ1v) is 11.7. The topological polar surface area (TPSA) is 70.2 Å². The molecule has 1 amide bonds. The lowest BCUT2D eigenvalue weighted by Crippen LogP contribution is -2.43. The fourth-order valence-corrected chi connectivity index (χ4v) is 5.87. The highest BCUT2D eigenvalue weighted by molar-refractivity contribution is 7.89. The maximum Gasteiger partial charge on any atom is 0.249 e. The van der Waals surface area contributed by atoms with Crippen LogP contribution >= 0.6 is 0 Å². The number of benzene rings is 1. The summed E-state index contributed by atoms with van der Waals surface area (Å²) in [4.78, 5) is 19.2.